The molecule has 0 aliphatic carbocycles. The molecule has 2 aliphatic heterocycles. The molecule has 0 unspecified atom stereocenters. The molecular weight excluding hydrogens is 660 g/mol. The number of aromatic nitrogens is 4. The fourth-order valence-electron chi connectivity index (χ4n) is 5.98. The van der Waals surface area contributed by atoms with Crippen molar-refractivity contribution < 1.29 is 33.3 Å². The summed E-state index contributed by atoms with van der Waals surface area (Å²) in [5, 5.41) is 8.47. The second-order valence-corrected chi connectivity index (χ2v) is 15.5. The third-order valence-electron chi connectivity index (χ3n) is 8.13. The van der Waals surface area contributed by atoms with Gasteiger partial charge in [-0.15, -0.1) is 0 Å². The van der Waals surface area contributed by atoms with Crippen molar-refractivity contribution in [1.29, 1.82) is 0 Å². The van der Waals surface area contributed by atoms with E-state index in [-0.39, 0.29) is 40.4 Å². The molecule has 0 saturated carbocycles. The van der Waals surface area contributed by atoms with Gasteiger partial charge in [-0.2, -0.15) is 9.78 Å². The third-order valence-corrected chi connectivity index (χ3v) is 9.60. The molecule has 2 saturated heterocycles. The Kier molecular flexibility index (Phi) is 10.2. The molecule has 1 spiro atoms. The van der Waals surface area contributed by atoms with Crippen molar-refractivity contribution in [2.24, 2.45) is 5.41 Å². The SMILES string of the molecule is CCOC(=O)c1nn(C(=O)OC(C)(C)C)c2c(Cl)c(Sc3cnc(N4CCC5(CC4)CO[C@@H](C)[C@H]5NC(=O)OC(C)(C)C)cn3)ccc12. The van der Waals surface area contributed by atoms with Crippen LogP contribution in [0.15, 0.2) is 34.4 Å². The molecule has 1 aromatic carbocycles. The van der Waals surface area contributed by atoms with Crippen LogP contribution in [0.1, 0.15) is 78.7 Å². The molecule has 0 bridgehead atoms. The maximum absolute atomic E-state index is 13.1. The number of hydrogen-bond donors (Lipinski definition) is 1. The van der Waals surface area contributed by atoms with E-state index < -0.39 is 29.4 Å². The van der Waals surface area contributed by atoms with Crippen LogP contribution in [0.25, 0.3) is 10.9 Å². The summed E-state index contributed by atoms with van der Waals surface area (Å²) in [7, 11) is 0. The zero-order valence-electron chi connectivity index (χ0n) is 28.6. The Labute approximate surface area is 289 Å². The average Bonchev–Trinajstić information content (AvgIpc) is 3.53. The summed E-state index contributed by atoms with van der Waals surface area (Å²) in [5.41, 5.74) is -1.37. The van der Waals surface area contributed by atoms with Crippen LogP contribution in [0.2, 0.25) is 5.02 Å². The van der Waals surface area contributed by atoms with Crippen LogP contribution in [-0.2, 0) is 18.9 Å². The molecule has 5 rings (SSSR count). The lowest BCUT2D eigenvalue weighted by atomic mass is 9.73. The van der Waals surface area contributed by atoms with Crippen molar-refractivity contribution in [3.63, 3.8) is 0 Å². The van der Waals surface area contributed by atoms with Crippen LogP contribution in [0.4, 0.5) is 15.4 Å². The van der Waals surface area contributed by atoms with Gasteiger partial charge in [-0.25, -0.2) is 24.4 Å². The van der Waals surface area contributed by atoms with E-state index in [0.29, 0.717) is 21.9 Å². The van der Waals surface area contributed by atoms with Crippen molar-refractivity contribution in [2.75, 3.05) is 31.2 Å². The molecule has 0 radical (unpaired) electrons. The maximum Gasteiger partial charge on any atom is 0.435 e. The molecular formula is C33H43ClN6O7S. The van der Waals surface area contributed by atoms with E-state index in [0.717, 1.165) is 36.4 Å². The topological polar surface area (TPSA) is 147 Å². The second-order valence-electron chi connectivity index (χ2n) is 14.0. The van der Waals surface area contributed by atoms with Crippen molar-refractivity contribution in [3.05, 3.63) is 35.2 Å². The van der Waals surface area contributed by atoms with Crippen molar-refractivity contribution in [3.8, 4) is 0 Å². The van der Waals surface area contributed by atoms with Gasteiger partial charge >= 0.3 is 18.2 Å². The predicted molar refractivity (Wildman–Crippen MR) is 181 cm³/mol. The van der Waals surface area contributed by atoms with E-state index in [1.54, 1.807) is 52.2 Å². The molecule has 2 aromatic heterocycles. The van der Waals surface area contributed by atoms with E-state index in [1.165, 1.54) is 11.8 Å². The largest absolute Gasteiger partial charge is 0.461 e. The van der Waals surface area contributed by atoms with Gasteiger partial charge in [0.15, 0.2) is 5.69 Å². The molecule has 260 valence electrons. The number of rotatable bonds is 6. The number of amides is 1. The minimum Gasteiger partial charge on any atom is -0.461 e. The lowest BCUT2D eigenvalue weighted by Crippen LogP contribution is -2.55. The summed E-state index contributed by atoms with van der Waals surface area (Å²) in [6, 6.07) is 3.26. The number of benzene rings is 1. The number of halogens is 1. The van der Waals surface area contributed by atoms with Gasteiger partial charge in [0, 0.05) is 28.8 Å². The summed E-state index contributed by atoms with van der Waals surface area (Å²) < 4.78 is 23.2. The van der Waals surface area contributed by atoms with Crippen LogP contribution in [0.3, 0.4) is 0 Å². The van der Waals surface area contributed by atoms with Gasteiger partial charge in [0.2, 0.25) is 0 Å². The third kappa shape index (κ3) is 7.81. The molecule has 1 N–H and O–H groups in total. The summed E-state index contributed by atoms with van der Waals surface area (Å²) in [5.74, 6) is 0.0672. The van der Waals surface area contributed by atoms with E-state index in [9.17, 15) is 14.4 Å². The maximum atomic E-state index is 13.1. The second kappa shape index (κ2) is 13.7. The number of carbonyl (C=O) groups is 3. The summed E-state index contributed by atoms with van der Waals surface area (Å²) in [6.45, 7) is 16.6. The highest BCUT2D eigenvalue weighted by Gasteiger charge is 2.50. The van der Waals surface area contributed by atoms with Crippen molar-refractivity contribution in [2.45, 2.75) is 102 Å². The number of piperidine rings is 1. The summed E-state index contributed by atoms with van der Waals surface area (Å²) >= 11 is 8.13. The zero-order chi connectivity index (χ0) is 35.0. The molecule has 48 heavy (non-hydrogen) atoms. The lowest BCUT2D eigenvalue weighted by molar-refractivity contribution is 0.0431. The molecule has 4 heterocycles. The first-order valence-electron chi connectivity index (χ1n) is 16.0. The van der Waals surface area contributed by atoms with Crippen molar-refractivity contribution >= 4 is 58.2 Å². The summed E-state index contributed by atoms with van der Waals surface area (Å²) in [4.78, 5) is 50.5. The van der Waals surface area contributed by atoms with E-state index >= 15 is 0 Å². The molecule has 3 aromatic rings. The smallest absolute Gasteiger partial charge is 0.435 e. The van der Waals surface area contributed by atoms with Gasteiger partial charge in [0.05, 0.1) is 42.8 Å². The van der Waals surface area contributed by atoms with Gasteiger partial charge in [-0.05, 0) is 80.4 Å². The minimum absolute atomic E-state index is 0.0332. The summed E-state index contributed by atoms with van der Waals surface area (Å²) in [6.07, 6.45) is 3.69. The van der Waals surface area contributed by atoms with Gasteiger partial charge in [-0.3, -0.25) is 0 Å². The van der Waals surface area contributed by atoms with E-state index in [2.05, 4.69) is 25.3 Å². The molecule has 13 nitrogen and oxygen atoms in total. The number of fused-ring (bicyclic) bond motifs is 1. The molecule has 2 fully saturated rings. The highest BCUT2D eigenvalue weighted by Crippen LogP contribution is 2.43. The Bertz CT molecular complexity index is 1680. The van der Waals surface area contributed by atoms with Crippen molar-refractivity contribution in [1.82, 2.24) is 25.1 Å². The van der Waals surface area contributed by atoms with Gasteiger partial charge in [-0.1, -0.05) is 23.4 Å². The highest BCUT2D eigenvalue weighted by molar-refractivity contribution is 7.99. The normalized spacial score (nSPS) is 19.4. The first-order chi connectivity index (χ1) is 22.5. The molecule has 2 aliphatic rings. The zero-order valence-corrected chi connectivity index (χ0v) is 30.2. The van der Waals surface area contributed by atoms with Crippen LogP contribution >= 0.6 is 23.4 Å². The fraction of sp³-hybridized carbons (Fsp3) is 0.576. The Morgan fingerprint density at radius 2 is 1.75 bits per heavy atom. The number of anilines is 1. The number of nitrogens with one attached hydrogen (secondary N) is 1. The highest BCUT2D eigenvalue weighted by atomic mass is 35.5. The Hall–Kier alpha value is -3.62. The Morgan fingerprint density at radius 3 is 2.35 bits per heavy atom. The predicted octanol–water partition coefficient (Wildman–Crippen LogP) is 6.49. The number of hydrogen-bond acceptors (Lipinski definition) is 12. The van der Waals surface area contributed by atoms with Gasteiger partial charge in [0.25, 0.3) is 0 Å². The number of alkyl carbamates (subject to hydrolysis) is 1. The number of ether oxygens (including phenoxy) is 4. The Balaban J connectivity index is 1.30. The quantitative estimate of drug-likeness (QED) is 0.221. The van der Waals surface area contributed by atoms with E-state index in [4.69, 9.17) is 30.5 Å². The van der Waals surface area contributed by atoms with E-state index in [1.807, 2.05) is 27.7 Å². The van der Waals surface area contributed by atoms with Crippen LogP contribution in [-0.4, -0.2) is 87.6 Å². The standard InChI is InChI=1S/C33H43ClN6O7S/c1-9-44-28(41)25-20-10-11-21(24(34)26(20)40(38-25)30(43)47-32(6,7)8)48-23-17-35-22(16-36-23)39-14-12-33(13-15-39)18-45-19(2)27(33)37-29(42)46-31(3,4)5/h10-11,16-17,19,27H,9,12-15,18H2,1-8H3,(H,37,42)/t19-,27+/m0/s1. The minimum atomic E-state index is -0.799. The van der Waals surface area contributed by atoms with Gasteiger partial charge < -0.3 is 29.2 Å². The van der Waals surface area contributed by atoms with Crippen LogP contribution < -0.4 is 10.2 Å². The first kappa shape index (κ1) is 35.7. The fourth-order valence-corrected chi connectivity index (χ4v) is 7.09. The number of carbonyl (C=O) groups excluding carboxylic acids is 3. The monoisotopic (exact) mass is 702 g/mol. The van der Waals surface area contributed by atoms with Gasteiger partial charge in [0.1, 0.15) is 27.6 Å². The van der Waals surface area contributed by atoms with Crippen LogP contribution in [0.5, 0.6) is 0 Å². The lowest BCUT2D eigenvalue weighted by Gasteiger charge is -2.42. The molecule has 2 atom stereocenters. The molecule has 15 heteroatoms. The Morgan fingerprint density at radius 1 is 1.06 bits per heavy atom. The number of nitrogens with zero attached hydrogens (tertiary/aromatic N) is 5. The number of esters is 1. The molecule has 1 amide bonds. The first-order valence-corrected chi connectivity index (χ1v) is 17.2. The van der Waals surface area contributed by atoms with Crippen LogP contribution in [0, 0.1) is 5.41 Å². The average molecular weight is 703 g/mol.